The third kappa shape index (κ3) is 2.83. The van der Waals surface area contributed by atoms with E-state index in [9.17, 15) is 9.90 Å². The number of ether oxygens (including phenoxy) is 1. The standard InChI is InChI=1S/C12H10BrNO3S/c1-17-10-3-2-8(5-9(10)15)14-12(16)7-4-11(13)18-6-7/h2-6,15H,1H3,(H,14,16). The maximum atomic E-state index is 11.9. The van der Waals surface area contributed by atoms with Crippen molar-refractivity contribution in [3.05, 3.63) is 39.0 Å². The number of phenolic OH excluding ortho intramolecular Hbond substituents is 1. The van der Waals surface area contributed by atoms with Crippen molar-refractivity contribution in [3.8, 4) is 11.5 Å². The van der Waals surface area contributed by atoms with Crippen LogP contribution in [0.15, 0.2) is 33.4 Å². The molecule has 0 aliphatic heterocycles. The predicted octanol–water partition coefficient (Wildman–Crippen LogP) is 3.48. The van der Waals surface area contributed by atoms with Crippen molar-refractivity contribution < 1.29 is 14.6 Å². The number of rotatable bonds is 3. The fraction of sp³-hybridized carbons (Fsp3) is 0.0833. The molecule has 1 aromatic carbocycles. The van der Waals surface area contributed by atoms with Gasteiger partial charge in [-0.2, -0.15) is 0 Å². The monoisotopic (exact) mass is 327 g/mol. The number of anilines is 1. The summed E-state index contributed by atoms with van der Waals surface area (Å²) in [5, 5.41) is 14.0. The van der Waals surface area contributed by atoms with Gasteiger partial charge in [0.25, 0.3) is 5.91 Å². The summed E-state index contributed by atoms with van der Waals surface area (Å²) in [5.74, 6) is 0.134. The number of carbonyl (C=O) groups is 1. The Bertz CT molecular complexity index is 582. The number of methoxy groups -OCH3 is 1. The molecule has 4 nitrogen and oxygen atoms in total. The zero-order chi connectivity index (χ0) is 13.1. The molecule has 94 valence electrons. The molecule has 0 saturated carbocycles. The van der Waals surface area contributed by atoms with Crippen LogP contribution in [0.2, 0.25) is 0 Å². The van der Waals surface area contributed by atoms with Crippen molar-refractivity contribution in [2.45, 2.75) is 0 Å². The average Bonchev–Trinajstić information content (AvgIpc) is 2.76. The summed E-state index contributed by atoms with van der Waals surface area (Å²) in [6.07, 6.45) is 0. The molecule has 0 radical (unpaired) electrons. The highest BCUT2D eigenvalue weighted by Crippen LogP contribution is 2.29. The Balaban J connectivity index is 2.14. The number of benzene rings is 1. The highest BCUT2D eigenvalue weighted by atomic mass is 79.9. The molecule has 0 bridgehead atoms. The fourth-order valence-corrected chi connectivity index (χ4v) is 2.54. The highest BCUT2D eigenvalue weighted by molar-refractivity contribution is 9.11. The Morgan fingerprint density at radius 3 is 2.78 bits per heavy atom. The van der Waals surface area contributed by atoms with Crippen molar-refractivity contribution >= 4 is 38.9 Å². The number of hydrogen-bond acceptors (Lipinski definition) is 4. The van der Waals surface area contributed by atoms with Gasteiger partial charge in [0.05, 0.1) is 16.5 Å². The Kier molecular flexibility index (Phi) is 3.88. The maximum absolute atomic E-state index is 11.9. The SMILES string of the molecule is COc1ccc(NC(=O)c2csc(Br)c2)cc1O. The van der Waals surface area contributed by atoms with Crippen LogP contribution >= 0.6 is 27.3 Å². The van der Waals surface area contributed by atoms with Crippen LogP contribution in [0, 0.1) is 0 Å². The summed E-state index contributed by atoms with van der Waals surface area (Å²) in [7, 11) is 1.47. The third-order valence-electron chi connectivity index (χ3n) is 2.27. The lowest BCUT2D eigenvalue weighted by atomic mass is 10.2. The molecule has 0 unspecified atom stereocenters. The second kappa shape index (κ2) is 5.41. The summed E-state index contributed by atoms with van der Waals surface area (Å²) < 4.78 is 5.82. The molecule has 18 heavy (non-hydrogen) atoms. The minimum atomic E-state index is -0.221. The molecule has 1 heterocycles. The molecule has 0 fully saturated rings. The quantitative estimate of drug-likeness (QED) is 0.907. The number of phenols is 1. The van der Waals surface area contributed by atoms with E-state index >= 15 is 0 Å². The molecule has 2 aromatic rings. The number of halogens is 1. The van der Waals surface area contributed by atoms with Gasteiger partial charge in [-0.1, -0.05) is 0 Å². The zero-order valence-corrected chi connectivity index (χ0v) is 11.8. The van der Waals surface area contributed by atoms with E-state index in [2.05, 4.69) is 21.2 Å². The number of aromatic hydroxyl groups is 1. The van der Waals surface area contributed by atoms with E-state index in [-0.39, 0.29) is 11.7 Å². The van der Waals surface area contributed by atoms with Crippen molar-refractivity contribution in [2.24, 2.45) is 0 Å². The van der Waals surface area contributed by atoms with Gasteiger partial charge in [-0.25, -0.2) is 0 Å². The second-order valence-corrected chi connectivity index (χ2v) is 5.77. The van der Waals surface area contributed by atoms with Crippen LogP contribution in [-0.4, -0.2) is 18.1 Å². The summed E-state index contributed by atoms with van der Waals surface area (Å²) in [6, 6.07) is 6.44. The van der Waals surface area contributed by atoms with Crippen LogP contribution in [0.25, 0.3) is 0 Å². The predicted molar refractivity (Wildman–Crippen MR) is 74.6 cm³/mol. The molecular formula is C12H10BrNO3S. The molecule has 6 heteroatoms. The number of thiophene rings is 1. The van der Waals surface area contributed by atoms with Gasteiger partial charge < -0.3 is 15.2 Å². The molecule has 2 N–H and O–H groups in total. The first kappa shape index (κ1) is 12.9. The van der Waals surface area contributed by atoms with E-state index < -0.39 is 0 Å². The maximum Gasteiger partial charge on any atom is 0.256 e. The topological polar surface area (TPSA) is 58.6 Å². The Morgan fingerprint density at radius 2 is 2.22 bits per heavy atom. The normalized spacial score (nSPS) is 10.1. The van der Waals surface area contributed by atoms with Gasteiger partial charge in [0.1, 0.15) is 0 Å². The van der Waals surface area contributed by atoms with E-state index in [1.807, 2.05) is 0 Å². The summed E-state index contributed by atoms with van der Waals surface area (Å²) in [4.78, 5) is 11.9. The molecular weight excluding hydrogens is 318 g/mol. The van der Waals surface area contributed by atoms with Crippen molar-refractivity contribution in [1.29, 1.82) is 0 Å². The van der Waals surface area contributed by atoms with Crippen LogP contribution in [0.5, 0.6) is 11.5 Å². The molecule has 2 rings (SSSR count). The molecule has 0 aliphatic carbocycles. The summed E-state index contributed by atoms with van der Waals surface area (Å²) in [5.41, 5.74) is 1.09. The second-order valence-electron chi connectivity index (χ2n) is 3.48. The Morgan fingerprint density at radius 1 is 1.44 bits per heavy atom. The lowest BCUT2D eigenvalue weighted by Crippen LogP contribution is -2.10. The van der Waals surface area contributed by atoms with Crippen molar-refractivity contribution in [2.75, 3.05) is 12.4 Å². The average molecular weight is 328 g/mol. The van der Waals surface area contributed by atoms with Crippen LogP contribution in [-0.2, 0) is 0 Å². The van der Waals surface area contributed by atoms with E-state index in [4.69, 9.17) is 4.74 Å². The van der Waals surface area contributed by atoms with Gasteiger partial charge in [-0.3, -0.25) is 4.79 Å². The highest BCUT2D eigenvalue weighted by Gasteiger charge is 2.09. The first-order valence-electron chi connectivity index (χ1n) is 5.02. The minimum Gasteiger partial charge on any atom is -0.504 e. The molecule has 0 saturated heterocycles. The van der Waals surface area contributed by atoms with Gasteiger partial charge in [0, 0.05) is 17.1 Å². The van der Waals surface area contributed by atoms with Crippen LogP contribution < -0.4 is 10.1 Å². The van der Waals surface area contributed by atoms with Crippen molar-refractivity contribution in [1.82, 2.24) is 0 Å². The number of amides is 1. The summed E-state index contributed by atoms with van der Waals surface area (Å²) >= 11 is 4.74. The molecule has 0 atom stereocenters. The van der Waals surface area contributed by atoms with E-state index in [0.717, 1.165) is 3.79 Å². The molecule has 0 aliphatic rings. The van der Waals surface area contributed by atoms with Gasteiger partial charge in [0.15, 0.2) is 11.5 Å². The van der Waals surface area contributed by atoms with Crippen molar-refractivity contribution in [3.63, 3.8) is 0 Å². The van der Waals surface area contributed by atoms with Gasteiger partial charge in [-0.15, -0.1) is 11.3 Å². The first-order chi connectivity index (χ1) is 8.60. The van der Waals surface area contributed by atoms with Crippen LogP contribution in [0.3, 0.4) is 0 Å². The largest absolute Gasteiger partial charge is 0.504 e. The van der Waals surface area contributed by atoms with Gasteiger partial charge in [0.2, 0.25) is 0 Å². The third-order valence-corrected chi connectivity index (χ3v) is 3.77. The summed E-state index contributed by atoms with van der Waals surface area (Å²) in [6.45, 7) is 0. The number of hydrogen-bond donors (Lipinski definition) is 2. The van der Waals surface area contributed by atoms with E-state index in [1.165, 1.54) is 24.5 Å². The molecule has 1 amide bonds. The molecule has 1 aromatic heterocycles. The molecule has 0 spiro atoms. The zero-order valence-electron chi connectivity index (χ0n) is 9.44. The van der Waals surface area contributed by atoms with E-state index in [0.29, 0.717) is 17.0 Å². The smallest absolute Gasteiger partial charge is 0.256 e. The Labute approximate surface area is 116 Å². The fourth-order valence-electron chi connectivity index (χ4n) is 1.40. The first-order valence-corrected chi connectivity index (χ1v) is 6.70. The lowest BCUT2D eigenvalue weighted by molar-refractivity contribution is 0.102. The van der Waals surface area contributed by atoms with Crippen LogP contribution in [0.4, 0.5) is 5.69 Å². The minimum absolute atomic E-state index is 0.0122. The van der Waals surface area contributed by atoms with Crippen LogP contribution in [0.1, 0.15) is 10.4 Å². The number of carbonyl (C=O) groups excluding carboxylic acids is 1. The lowest BCUT2D eigenvalue weighted by Gasteiger charge is -2.07. The van der Waals surface area contributed by atoms with Gasteiger partial charge >= 0.3 is 0 Å². The Hall–Kier alpha value is -1.53. The van der Waals surface area contributed by atoms with Gasteiger partial charge in [-0.05, 0) is 34.1 Å². The number of nitrogens with one attached hydrogen (secondary N) is 1. The van der Waals surface area contributed by atoms with E-state index in [1.54, 1.807) is 23.6 Å².